The Morgan fingerprint density at radius 1 is 1.09 bits per heavy atom. The van der Waals surface area contributed by atoms with Crippen molar-refractivity contribution in [1.29, 1.82) is 0 Å². The van der Waals surface area contributed by atoms with Crippen molar-refractivity contribution in [2.75, 3.05) is 13.1 Å². The lowest BCUT2D eigenvalue weighted by Gasteiger charge is -2.32. The molecule has 1 aliphatic heterocycles. The van der Waals surface area contributed by atoms with E-state index in [1.807, 2.05) is 29.4 Å². The SMILES string of the molecule is O=C(c1ccc2sccc2c1)N1CCC(c2ccncc2)CC1. The molecule has 3 nitrogen and oxygen atoms in total. The number of hydrogen-bond donors (Lipinski definition) is 0. The number of piperidine rings is 1. The summed E-state index contributed by atoms with van der Waals surface area (Å²) >= 11 is 1.71. The third kappa shape index (κ3) is 2.86. The molecule has 23 heavy (non-hydrogen) atoms. The summed E-state index contributed by atoms with van der Waals surface area (Å²) in [6.07, 6.45) is 5.75. The number of likely N-dealkylation sites (tertiary alicyclic amines) is 1. The number of aromatic nitrogens is 1. The maximum atomic E-state index is 12.7. The molecule has 0 unspecified atom stereocenters. The van der Waals surface area contributed by atoms with Crippen molar-refractivity contribution < 1.29 is 4.79 Å². The normalized spacial score (nSPS) is 15.9. The Morgan fingerprint density at radius 3 is 2.65 bits per heavy atom. The summed E-state index contributed by atoms with van der Waals surface area (Å²) in [6.45, 7) is 1.65. The average molecular weight is 322 g/mol. The van der Waals surface area contributed by atoms with E-state index in [1.54, 1.807) is 11.3 Å². The van der Waals surface area contributed by atoms with E-state index in [1.165, 1.54) is 10.3 Å². The van der Waals surface area contributed by atoms with Gasteiger partial charge in [0.25, 0.3) is 5.91 Å². The maximum Gasteiger partial charge on any atom is 0.253 e. The molecule has 4 heteroatoms. The Kier molecular flexibility index (Phi) is 3.83. The van der Waals surface area contributed by atoms with Crippen molar-refractivity contribution >= 4 is 27.3 Å². The summed E-state index contributed by atoms with van der Waals surface area (Å²) in [5.41, 5.74) is 2.14. The van der Waals surface area contributed by atoms with Gasteiger partial charge in [-0.3, -0.25) is 9.78 Å². The first kappa shape index (κ1) is 14.4. The van der Waals surface area contributed by atoms with Crippen molar-refractivity contribution in [3.63, 3.8) is 0 Å². The number of pyridine rings is 1. The van der Waals surface area contributed by atoms with Gasteiger partial charge in [0, 0.05) is 35.7 Å². The molecule has 3 heterocycles. The number of carbonyl (C=O) groups is 1. The van der Waals surface area contributed by atoms with Crippen LogP contribution in [0.1, 0.15) is 34.7 Å². The fourth-order valence-corrected chi connectivity index (χ4v) is 4.10. The van der Waals surface area contributed by atoms with Crippen molar-refractivity contribution in [2.45, 2.75) is 18.8 Å². The molecule has 0 atom stereocenters. The smallest absolute Gasteiger partial charge is 0.253 e. The van der Waals surface area contributed by atoms with Crippen LogP contribution in [0, 0.1) is 0 Å². The standard InChI is InChI=1S/C19H18N2OS/c22-19(17-1-2-18-16(13-17)7-12-23-18)21-10-5-15(6-11-21)14-3-8-20-9-4-14/h1-4,7-9,12-13,15H,5-6,10-11H2. The van der Waals surface area contributed by atoms with Crippen LogP contribution in [0.4, 0.5) is 0 Å². The monoisotopic (exact) mass is 322 g/mol. The summed E-state index contributed by atoms with van der Waals surface area (Å²) < 4.78 is 1.23. The molecule has 3 aromatic rings. The molecular weight excluding hydrogens is 304 g/mol. The first-order valence-electron chi connectivity index (χ1n) is 7.98. The minimum Gasteiger partial charge on any atom is -0.339 e. The lowest BCUT2D eigenvalue weighted by atomic mass is 9.90. The number of rotatable bonds is 2. The van der Waals surface area contributed by atoms with E-state index in [0.29, 0.717) is 5.92 Å². The highest BCUT2D eigenvalue weighted by atomic mass is 32.1. The molecule has 1 fully saturated rings. The first-order valence-corrected chi connectivity index (χ1v) is 8.86. The lowest BCUT2D eigenvalue weighted by molar-refractivity contribution is 0.0713. The van der Waals surface area contributed by atoms with Crippen LogP contribution in [0.15, 0.2) is 54.2 Å². The fraction of sp³-hybridized carbons (Fsp3) is 0.263. The van der Waals surface area contributed by atoms with Crippen molar-refractivity contribution in [1.82, 2.24) is 9.88 Å². The van der Waals surface area contributed by atoms with Crippen LogP contribution in [0.2, 0.25) is 0 Å². The van der Waals surface area contributed by atoms with Crippen LogP contribution >= 0.6 is 11.3 Å². The predicted molar refractivity (Wildman–Crippen MR) is 93.9 cm³/mol. The highest BCUT2D eigenvalue weighted by Crippen LogP contribution is 2.29. The van der Waals surface area contributed by atoms with Gasteiger partial charge in [0.15, 0.2) is 0 Å². The van der Waals surface area contributed by atoms with Gasteiger partial charge in [0.1, 0.15) is 0 Å². The molecule has 0 saturated carbocycles. The Balaban J connectivity index is 1.46. The third-order valence-corrected chi connectivity index (χ3v) is 5.56. The van der Waals surface area contributed by atoms with Gasteiger partial charge < -0.3 is 4.90 Å². The number of carbonyl (C=O) groups excluding carboxylic acids is 1. The van der Waals surface area contributed by atoms with Gasteiger partial charge in [0.05, 0.1) is 0 Å². The lowest BCUT2D eigenvalue weighted by Crippen LogP contribution is -2.37. The van der Waals surface area contributed by atoms with E-state index < -0.39 is 0 Å². The molecule has 0 bridgehead atoms. The summed E-state index contributed by atoms with van der Waals surface area (Å²) in [4.78, 5) is 18.8. The number of benzene rings is 1. The van der Waals surface area contributed by atoms with Crippen LogP contribution in [-0.4, -0.2) is 28.9 Å². The van der Waals surface area contributed by atoms with Crippen molar-refractivity contribution in [3.8, 4) is 0 Å². The second-order valence-electron chi connectivity index (χ2n) is 6.02. The third-order valence-electron chi connectivity index (χ3n) is 4.66. The number of amides is 1. The molecule has 116 valence electrons. The van der Waals surface area contributed by atoms with Crippen LogP contribution in [0.3, 0.4) is 0 Å². The molecule has 0 spiro atoms. The second kappa shape index (κ2) is 6.13. The van der Waals surface area contributed by atoms with Gasteiger partial charge in [0.2, 0.25) is 0 Å². The minimum atomic E-state index is 0.159. The summed E-state index contributed by atoms with van der Waals surface area (Å²) in [7, 11) is 0. The van der Waals surface area contributed by atoms with Gasteiger partial charge in [-0.15, -0.1) is 11.3 Å². The van der Waals surface area contributed by atoms with E-state index in [4.69, 9.17) is 0 Å². The maximum absolute atomic E-state index is 12.7. The van der Waals surface area contributed by atoms with Crippen LogP contribution < -0.4 is 0 Å². The van der Waals surface area contributed by atoms with E-state index in [-0.39, 0.29) is 5.91 Å². The van der Waals surface area contributed by atoms with Crippen molar-refractivity contribution in [3.05, 3.63) is 65.3 Å². The topological polar surface area (TPSA) is 33.2 Å². The highest BCUT2D eigenvalue weighted by Gasteiger charge is 2.24. The average Bonchev–Trinajstić information content (AvgIpc) is 3.10. The molecule has 1 saturated heterocycles. The number of hydrogen-bond acceptors (Lipinski definition) is 3. The minimum absolute atomic E-state index is 0.159. The van der Waals surface area contributed by atoms with Gasteiger partial charge in [-0.25, -0.2) is 0 Å². The van der Waals surface area contributed by atoms with Crippen LogP contribution in [0.5, 0.6) is 0 Å². The molecular formula is C19H18N2OS. The van der Waals surface area contributed by atoms with E-state index in [0.717, 1.165) is 36.9 Å². The fourth-order valence-electron chi connectivity index (χ4n) is 3.33. The Bertz CT molecular complexity index is 820. The second-order valence-corrected chi connectivity index (χ2v) is 6.97. The Hall–Kier alpha value is -2.20. The van der Waals surface area contributed by atoms with Crippen molar-refractivity contribution in [2.24, 2.45) is 0 Å². The summed E-state index contributed by atoms with van der Waals surface area (Å²) in [6, 6.07) is 12.3. The Labute approximate surface area is 139 Å². The molecule has 0 N–H and O–H groups in total. The number of thiophene rings is 1. The number of nitrogens with zero attached hydrogens (tertiary/aromatic N) is 2. The number of fused-ring (bicyclic) bond motifs is 1. The molecule has 1 aliphatic rings. The van der Waals surface area contributed by atoms with Gasteiger partial charge in [-0.1, -0.05) is 0 Å². The zero-order valence-electron chi connectivity index (χ0n) is 12.8. The summed E-state index contributed by atoms with van der Waals surface area (Å²) in [5.74, 6) is 0.702. The molecule has 1 amide bonds. The largest absolute Gasteiger partial charge is 0.339 e. The van der Waals surface area contributed by atoms with Gasteiger partial charge >= 0.3 is 0 Å². The molecule has 0 aliphatic carbocycles. The van der Waals surface area contributed by atoms with Crippen LogP contribution in [0.25, 0.3) is 10.1 Å². The van der Waals surface area contributed by atoms with Gasteiger partial charge in [-0.2, -0.15) is 0 Å². The quantitative estimate of drug-likeness (QED) is 0.704. The molecule has 2 aromatic heterocycles. The first-order chi connectivity index (χ1) is 11.3. The zero-order valence-corrected chi connectivity index (χ0v) is 13.6. The zero-order chi connectivity index (χ0) is 15.6. The molecule has 4 rings (SSSR count). The van der Waals surface area contributed by atoms with Gasteiger partial charge in [-0.05, 0) is 71.5 Å². The highest BCUT2D eigenvalue weighted by molar-refractivity contribution is 7.17. The van der Waals surface area contributed by atoms with E-state index >= 15 is 0 Å². The summed E-state index contributed by atoms with van der Waals surface area (Å²) in [5, 5.41) is 3.23. The van der Waals surface area contributed by atoms with E-state index in [9.17, 15) is 4.79 Å². The Morgan fingerprint density at radius 2 is 1.87 bits per heavy atom. The molecule has 0 radical (unpaired) electrons. The molecule has 1 aromatic carbocycles. The predicted octanol–water partition coefficient (Wildman–Crippen LogP) is 4.32. The van der Waals surface area contributed by atoms with Crippen LogP contribution in [-0.2, 0) is 0 Å². The van der Waals surface area contributed by atoms with E-state index in [2.05, 4.69) is 34.6 Å².